The Morgan fingerprint density at radius 1 is 1.00 bits per heavy atom. The lowest BCUT2D eigenvalue weighted by molar-refractivity contribution is -0.116. The first-order valence-electron chi connectivity index (χ1n) is 12.1. The van der Waals surface area contributed by atoms with Crippen molar-refractivity contribution in [1.82, 2.24) is 0 Å². The lowest BCUT2D eigenvalue weighted by Crippen LogP contribution is -2.58. The Hall–Kier alpha value is -2.97. The summed E-state index contributed by atoms with van der Waals surface area (Å²) in [7, 11) is 0. The van der Waals surface area contributed by atoms with Gasteiger partial charge in [-0.2, -0.15) is 5.10 Å². The summed E-state index contributed by atoms with van der Waals surface area (Å²) in [6.07, 6.45) is 0.795. The fourth-order valence-electron chi connectivity index (χ4n) is 5.01. The predicted octanol–water partition coefficient (Wildman–Crippen LogP) is 8.34. The summed E-state index contributed by atoms with van der Waals surface area (Å²) in [5.74, 6) is 1.54. The van der Waals surface area contributed by atoms with Gasteiger partial charge in [0.2, 0.25) is 5.91 Å². The number of halogens is 2. The van der Waals surface area contributed by atoms with Crippen LogP contribution in [-0.2, 0) is 11.2 Å². The highest BCUT2D eigenvalue weighted by molar-refractivity contribution is 8.02. The molecule has 0 bridgehead atoms. The number of anilines is 2. The maximum atomic E-state index is 13.6. The Balaban J connectivity index is 1.39. The lowest BCUT2D eigenvalue weighted by atomic mass is 9.94. The van der Waals surface area contributed by atoms with Crippen LogP contribution in [-0.4, -0.2) is 22.4 Å². The minimum Gasteiger partial charge on any atom is -0.456 e. The van der Waals surface area contributed by atoms with Crippen LogP contribution in [0.3, 0.4) is 0 Å². The average Bonchev–Trinajstić information content (AvgIpc) is 3.63. The van der Waals surface area contributed by atoms with E-state index in [0.29, 0.717) is 27.3 Å². The minimum atomic E-state index is -0.728. The summed E-state index contributed by atoms with van der Waals surface area (Å²) >= 11 is 15.7. The number of ether oxygens (including phenoxy) is 1. The molecule has 1 aromatic heterocycles. The van der Waals surface area contributed by atoms with E-state index in [0.717, 1.165) is 23.5 Å². The molecule has 2 aliphatic heterocycles. The van der Waals surface area contributed by atoms with Gasteiger partial charge in [0.1, 0.15) is 11.5 Å². The number of rotatable bonds is 6. The standard InChI is InChI=1S/C29H23Cl2N3O2S2/c1-19-25(17-24-8-5-15-37-24)29(34(32-19)22-6-3-2-4-7-22)33(28(35)18-38-29)21-10-12-23(13-11-21)36-27-14-9-20(30)16-26(27)31/h2-16,25H,17-18H2,1H3/t25-,29-/m1/s1. The SMILES string of the molecule is CC1=NN(c2ccccc2)[C@@]2(SCC(=O)N2c2ccc(Oc3ccc(Cl)cc3Cl)cc2)[C@@H]1Cc1cccs1. The van der Waals surface area contributed by atoms with Gasteiger partial charge < -0.3 is 4.74 Å². The maximum absolute atomic E-state index is 13.6. The third-order valence-electron chi connectivity index (χ3n) is 6.70. The number of carbonyl (C=O) groups is 1. The second kappa shape index (κ2) is 10.3. The number of hydrazone groups is 1. The highest BCUT2D eigenvalue weighted by atomic mass is 35.5. The molecule has 0 aliphatic carbocycles. The van der Waals surface area contributed by atoms with Crippen molar-refractivity contribution in [2.75, 3.05) is 15.7 Å². The number of nitrogens with zero attached hydrogens (tertiary/aromatic N) is 3. The number of hydrogen-bond acceptors (Lipinski definition) is 6. The molecular weight excluding hydrogens is 557 g/mol. The summed E-state index contributed by atoms with van der Waals surface area (Å²) < 4.78 is 5.99. The molecule has 0 N–H and O–H groups in total. The van der Waals surface area contributed by atoms with Gasteiger partial charge in [0, 0.05) is 21.3 Å². The van der Waals surface area contributed by atoms with Crippen LogP contribution in [0.1, 0.15) is 11.8 Å². The van der Waals surface area contributed by atoms with Crippen LogP contribution < -0.4 is 14.6 Å². The number of thiophene rings is 1. The number of amides is 1. The van der Waals surface area contributed by atoms with Gasteiger partial charge in [-0.3, -0.25) is 9.69 Å². The third-order valence-corrected chi connectivity index (χ3v) is 9.59. The number of benzene rings is 3. The van der Waals surface area contributed by atoms with Gasteiger partial charge in [-0.1, -0.05) is 59.2 Å². The molecule has 3 heterocycles. The van der Waals surface area contributed by atoms with E-state index in [1.165, 1.54) is 4.88 Å². The predicted molar refractivity (Wildman–Crippen MR) is 159 cm³/mol. The van der Waals surface area contributed by atoms with Crippen LogP contribution in [0.5, 0.6) is 11.5 Å². The Labute approximate surface area is 239 Å². The van der Waals surface area contributed by atoms with Crippen LogP contribution in [0.15, 0.2) is 95.4 Å². The maximum Gasteiger partial charge on any atom is 0.239 e. The number of thioether (sulfide) groups is 1. The van der Waals surface area contributed by atoms with Crippen LogP contribution in [0.25, 0.3) is 0 Å². The Bertz CT molecular complexity index is 1500. The summed E-state index contributed by atoms with van der Waals surface area (Å²) in [6, 6.07) is 27.0. The molecular formula is C29H23Cl2N3O2S2. The van der Waals surface area contributed by atoms with Crippen LogP contribution in [0.4, 0.5) is 11.4 Å². The summed E-state index contributed by atoms with van der Waals surface area (Å²) in [4.78, 5) is 16.0. The lowest BCUT2D eigenvalue weighted by Gasteiger charge is -2.44. The number of carbonyl (C=O) groups excluding carboxylic acids is 1. The van der Waals surface area contributed by atoms with Crippen molar-refractivity contribution in [2.45, 2.75) is 18.3 Å². The van der Waals surface area contributed by atoms with Gasteiger partial charge in [-0.05, 0) is 79.4 Å². The van der Waals surface area contributed by atoms with Crippen molar-refractivity contribution < 1.29 is 9.53 Å². The topological polar surface area (TPSA) is 45.1 Å². The molecule has 0 radical (unpaired) electrons. The van der Waals surface area contributed by atoms with Gasteiger partial charge in [-0.15, -0.1) is 11.3 Å². The van der Waals surface area contributed by atoms with Crippen molar-refractivity contribution in [3.8, 4) is 11.5 Å². The van der Waals surface area contributed by atoms with Crippen molar-refractivity contribution in [1.29, 1.82) is 0 Å². The smallest absolute Gasteiger partial charge is 0.239 e. The van der Waals surface area contributed by atoms with Gasteiger partial charge in [-0.25, -0.2) is 5.01 Å². The zero-order valence-corrected chi connectivity index (χ0v) is 23.5. The first-order chi connectivity index (χ1) is 18.5. The molecule has 192 valence electrons. The molecule has 1 saturated heterocycles. The van der Waals surface area contributed by atoms with Gasteiger partial charge >= 0.3 is 0 Å². The van der Waals surface area contributed by atoms with Crippen molar-refractivity contribution in [3.63, 3.8) is 0 Å². The van der Waals surface area contributed by atoms with Crippen LogP contribution in [0, 0.1) is 5.92 Å². The molecule has 3 aromatic carbocycles. The van der Waals surface area contributed by atoms with Gasteiger partial charge in [0.05, 0.1) is 22.4 Å². The largest absolute Gasteiger partial charge is 0.456 e. The minimum absolute atomic E-state index is 0.00149. The van der Waals surface area contributed by atoms with E-state index in [1.807, 2.05) is 64.5 Å². The molecule has 4 aromatic rings. The van der Waals surface area contributed by atoms with E-state index in [1.54, 1.807) is 41.3 Å². The summed E-state index contributed by atoms with van der Waals surface area (Å²) in [5.41, 5.74) is 2.74. The molecule has 5 nitrogen and oxygen atoms in total. The van der Waals surface area contributed by atoms with E-state index < -0.39 is 4.99 Å². The normalized spacial score (nSPS) is 20.9. The summed E-state index contributed by atoms with van der Waals surface area (Å²) in [5, 5.41) is 10.1. The fraction of sp³-hybridized carbons (Fsp3) is 0.172. The van der Waals surface area contributed by atoms with E-state index >= 15 is 0 Å². The van der Waals surface area contributed by atoms with Crippen molar-refractivity contribution in [3.05, 3.63) is 105 Å². The average molecular weight is 581 g/mol. The zero-order chi connectivity index (χ0) is 26.3. The first-order valence-corrected chi connectivity index (χ1v) is 14.7. The molecule has 0 saturated carbocycles. The quantitative estimate of drug-likeness (QED) is 0.230. The second-order valence-corrected chi connectivity index (χ2v) is 12.1. The van der Waals surface area contributed by atoms with Crippen LogP contribution in [0.2, 0.25) is 10.0 Å². The Morgan fingerprint density at radius 3 is 2.50 bits per heavy atom. The molecule has 38 heavy (non-hydrogen) atoms. The van der Waals surface area contributed by atoms with Crippen LogP contribution >= 0.6 is 46.3 Å². The molecule has 9 heteroatoms. The number of para-hydroxylation sites is 1. The highest BCUT2D eigenvalue weighted by Gasteiger charge is 2.60. The Kier molecular flexibility index (Phi) is 6.86. The second-order valence-electron chi connectivity index (χ2n) is 9.07. The third kappa shape index (κ3) is 4.47. The molecule has 1 spiro atoms. The number of hydrogen-bond donors (Lipinski definition) is 0. The molecule has 0 unspecified atom stereocenters. The summed E-state index contributed by atoms with van der Waals surface area (Å²) in [6.45, 7) is 2.07. The highest BCUT2D eigenvalue weighted by Crippen LogP contribution is 2.53. The van der Waals surface area contributed by atoms with E-state index in [9.17, 15) is 4.79 Å². The Morgan fingerprint density at radius 2 is 1.79 bits per heavy atom. The van der Waals surface area contributed by atoms with E-state index in [4.69, 9.17) is 33.0 Å². The van der Waals surface area contributed by atoms with Gasteiger partial charge in [0.15, 0.2) is 4.99 Å². The monoisotopic (exact) mass is 579 g/mol. The fourth-order valence-corrected chi connectivity index (χ4v) is 7.73. The molecule has 1 amide bonds. The van der Waals surface area contributed by atoms with Gasteiger partial charge in [0.25, 0.3) is 0 Å². The van der Waals surface area contributed by atoms with E-state index in [-0.39, 0.29) is 11.8 Å². The zero-order valence-electron chi connectivity index (χ0n) is 20.4. The van der Waals surface area contributed by atoms with Crippen molar-refractivity contribution >= 4 is 69.3 Å². The molecule has 1 fully saturated rings. The molecule has 2 aliphatic rings. The molecule has 2 atom stereocenters. The van der Waals surface area contributed by atoms with E-state index in [2.05, 4.69) is 24.4 Å². The first kappa shape index (κ1) is 25.3. The van der Waals surface area contributed by atoms with Crippen molar-refractivity contribution in [2.24, 2.45) is 11.0 Å². The molecule has 6 rings (SSSR count).